The Bertz CT molecular complexity index is 763. The topological polar surface area (TPSA) is 85.0 Å². The van der Waals surface area contributed by atoms with Gasteiger partial charge in [-0.3, -0.25) is 10.2 Å². The van der Waals surface area contributed by atoms with Gasteiger partial charge in [0.1, 0.15) is 0 Å². The van der Waals surface area contributed by atoms with Crippen LogP contribution in [0.2, 0.25) is 0 Å². The molecule has 0 atom stereocenters. The van der Waals surface area contributed by atoms with Crippen LogP contribution in [0.4, 0.5) is 5.69 Å². The maximum atomic E-state index is 11.3. The Hall–Kier alpha value is -2.86. The molecule has 21 heavy (non-hydrogen) atoms. The summed E-state index contributed by atoms with van der Waals surface area (Å²) in [4.78, 5) is 15.7. The third kappa shape index (κ3) is 2.70. The van der Waals surface area contributed by atoms with Crippen LogP contribution in [0, 0.1) is 0 Å². The maximum Gasteiger partial charge on any atom is 0.265 e. The van der Waals surface area contributed by atoms with Crippen molar-refractivity contribution in [2.45, 2.75) is 6.67 Å². The monoisotopic (exact) mass is 281 g/mol. The number of nitrogens with zero attached hydrogens (tertiary/aromatic N) is 2. The van der Waals surface area contributed by atoms with E-state index in [0.717, 1.165) is 16.7 Å². The lowest BCUT2D eigenvalue weighted by atomic mass is 10.2. The van der Waals surface area contributed by atoms with Gasteiger partial charge in [0.15, 0.2) is 0 Å². The number of rotatable bonds is 4. The van der Waals surface area contributed by atoms with Crippen molar-refractivity contribution in [1.29, 1.82) is 0 Å². The van der Waals surface area contributed by atoms with E-state index in [2.05, 4.69) is 15.7 Å². The average molecular weight is 281 g/mol. The highest BCUT2D eigenvalue weighted by Gasteiger charge is 2.03. The zero-order chi connectivity index (χ0) is 14.7. The van der Waals surface area contributed by atoms with E-state index in [0.29, 0.717) is 12.2 Å². The van der Waals surface area contributed by atoms with Crippen molar-refractivity contribution in [3.05, 3.63) is 60.4 Å². The number of nitrogen functional groups attached to an aromatic ring is 1. The van der Waals surface area contributed by atoms with E-state index in [-0.39, 0.29) is 5.91 Å². The van der Waals surface area contributed by atoms with E-state index >= 15 is 0 Å². The number of carbonyl (C=O) groups excluding carboxylic acids is 1. The van der Waals surface area contributed by atoms with Gasteiger partial charge in [0.05, 0.1) is 24.0 Å². The van der Waals surface area contributed by atoms with Gasteiger partial charge in [0.2, 0.25) is 0 Å². The second kappa shape index (κ2) is 5.64. The zero-order valence-electron chi connectivity index (χ0n) is 11.3. The van der Waals surface area contributed by atoms with E-state index in [1.807, 2.05) is 41.0 Å². The average Bonchev–Trinajstić information content (AvgIpc) is 2.96. The normalized spacial score (nSPS) is 10.5. The molecule has 0 bridgehead atoms. The fourth-order valence-electron chi connectivity index (χ4n) is 2.14. The third-order valence-electron chi connectivity index (χ3n) is 3.26. The predicted molar refractivity (Wildman–Crippen MR) is 81.5 cm³/mol. The lowest BCUT2D eigenvalue weighted by molar-refractivity contribution is 0.0953. The molecule has 0 radical (unpaired) electrons. The second-order valence-electron chi connectivity index (χ2n) is 4.59. The summed E-state index contributed by atoms with van der Waals surface area (Å²) in [5, 5.41) is 3.28. The van der Waals surface area contributed by atoms with Gasteiger partial charge in [-0.2, -0.15) is 0 Å². The second-order valence-corrected chi connectivity index (χ2v) is 4.59. The first kappa shape index (κ1) is 13.1. The fraction of sp³-hybridized carbons (Fsp3) is 0.0667. The van der Waals surface area contributed by atoms with Crippen LogP contribution in [0.5, 0.6) is 0 Å². The number of nitrogens with one attached hydrogen (secondary N) is 2. The molecule has 0 spiro atoms. The number of hydrogen-bond acceptors (Lipinski definition) is 4. The first-order valence-electron chi connectivity index (χ1n) is 6.52. The Morgan fingerprint density at radius 1 is 1.14 bits per heavy atom. The minimum atomic E-state index is -0.304. The minimum Gasteiger partial charge on any atom is -0.367 e. The predicted octanol–water partition coefficient (Wildman–Crippen LogP) is 1.71. The molecule has 0 saturated heterocycles. The van der Waals surface area contributed by atoms with Crippen molar-refractivity contribution in [3.63, 3.8) is 0 Å². The standard InChI is InChI=1S/C15H15N5O/c16-19-15(21)11-5-7-12(8-6-11)17-9-20-10-18-13-3-1-2-4-14(13)20/h1-8,10,17H,9,16H2,(H,19,21). The molecule has 6 heteroatoms. The highest BCUT2D eigenvalue weighted by Crippen LogP contribution is 2.13. The third-order valence-corrected chi connectivity index (χ3v) is 3.26. The van der Waals surface area contributed by atoms with Crippen LogP contribution >= 0.6 is 0 Å². The molecule has 0 fully saturated rings. The summed E-state index contributed by atoms with van der Waals surface area (Å²) < 4.78 is 2.02. The van der Waals surface area contributed by atoms with Crippen molar-refractivity contribution >= 4 is 22.6 Å². The number of anilines is 1. The minimum absolute atomic E-state index is 0.304. The number of benzene rings is 2. The molecule has 0 unspecified atom stereocenters. The van der Waals surface area contributed by atoms with Crippen LogP contribution in [0.3, 0.4) is 0 Å². The Kier molecular flexibility index (Phi) is 3.53. The van der Waals surface area contributed by atoms with Gasteiger partial charge in [-0.15, -0.1) is 0 Å². The number of amides is 1. The SMILES string of the molecule is NNC(=O)c1ccc(NCn2cnc3ccccc32)cc1. The van der Waals surface area contributed by atoms with Crippen molar-refractivity contribution in [2.24, 2.45) is 5.84 Å². The Labute approximate surface area is 121 Å². The summed E-state index contributed by atoms with van der Waals surface area (Å²) in [7, 11) is 0. The van der Waals surface area contributed by atoms with Gasteiger partial charge in [0, 0.05) is 11.3 Å². The Balaban J connectivity index is 1.71. The van der Waals surface area contributed by atoms with Crippen LogP contribution in [0.25, 0.3) is 11.0 Å². The van der Waals surface area contributed by atoms with Gasteiger partial charge in [0.25, 0.3) is 5.91 Å². The molecule has 1 amide bonds. The lowest BCUT2D eigenvalue weighted by Crippen LogP contribution is -2.29. The number of carbonyl (C=O) groups is 1. The van der Waals surface area contributed by atoms with Crippen molar-refractivity contribution in [3.8, 4) is 0 Å². The number of imidazole rings is 1. The molecule has 2 aromatic carbocycles. The number of para-hydroxylation sites is 2. The van der Waals surface area contributed by atoms with E-state index in [1.54, 1.807) is 18.5 Å². The summed E-state index contributed by atoms with van der Waals surface area (Å²) in [5.74, 6) is 4.79. The molecule has 6 nitrogen and oxygen atoms in total. The van der Waals surface area contributed by atoms with Crippen molar-refractivity contribution in [2.75, 3.05) is 5.32 Å². The van der Waals surface area contributed by atoms with E-state index in [1.165, 1.54) is 0 Å². The smallest absolute Gasteiger partial charge is 0.265 e. The molecular weight excluding hydrogens is 266 g/mol. The number of aromatic nitrogens is 2. The van der Waals surface area contributed by atoms with Crippen LogP contribution in [-0.2, 0) is 6.67 Å². The van der Waals surface area contributed by atoms with Crippen LogP contribution in [0.15, 0.2) is 54.9 Å². The first-order chi connectivity index (χ1) is 10.3. The summed E-state index contributed by atoms with van der Waals surface area (Å²) in [6.45, 7) is 0.600. The molecule has 106 valence electrons. The molecule has 3 rings (SSSR count). The molecule has 3 aromatic rings. The van der Waals surface area contributed by atoms with Gasteiger partial charge >= 0.3 is 0 Å². The van der Waals surface area contributed by atoms with Gasteiger partial charge in [-0.05, 0) is 36.4 Å². The fourth-order valence-corrected chi connectivity index (χ4v) is 2.14. The molecule has 4 N–H and O–H groups in total. The van der Waals surface area contributed by atoms with Crippen LogP contribution in [0.1, 0.15) is 10.4 Å². The van der Waals surface area contributed by atoms with E-state index in [4.69, 9.17) is 5.84 Å². The number of hydrogen-bond donors (Lipinski definition) is 3. The zero-order valence-corrected chi connectivity index (χ0v) is 11.3. The maximum absolute atomic E-state index is 11.3. The van der Waals surface area contributed by atoms with E-state index < -0.39 is 0 Å². The molecule has 0 saturated carbocycles. The van der Waals surface area contributed by atoms with Crippen LogP contribution in [-0.4, -0.2) is 15.5 Å². The first-order valence-corrected chi connectivity index (χ1v) is 6.52. The Morgan fingerprint density at radius 2 is 1.90 bits per heavy atom. The molecule has 1 aromatic heterocycles. The van der Waals surface area contributed by atoms with E-state index in [9.17, 15) is 4.79 Å². The van der Waals surface area contributed by atoms with Gasteiger partial charge in [-0.1, -0.05) is 12.1 Å². The number of nitrogens with two attached hydrogens (primary N) is 1. The molecular formula is C15H15N5O. The summed E-state index contributed by atoms with van der Waals surface area (Å²) >= 11 is 0. The molecule has 0 aliphatic carbocycles. The number of fused-ring (bicyclic) bond motifs is 1. The highest BCUT2D eigenvalue weighted by molar-refractivity contribution is 5.94. The molecule has 1 heterocycles. The molecule has 0 aliphatic rings. The van der Waals surface area contributed by atoms with Crippen molar-refractivity contribution < 1.29 is 4.79 Å². The quantitative estimate of drug-likeness (QED) is 0.386. The Morgan fingerprint density at radius 3 is 2.67 bits per heavy atom. The van der Waals surface area contributed by atoms with Gasteiger partial charge < -0.3 is 9.88 Å². The summed E-state index contributed by atoms with van der Waals surface area (Å²) in [6, 6.07) is 15.1. The van der Waals surface area contributed by atoms with Crippen LogP contribution < -0.4 is 16.6 Å². The lowest BCUT2D eigenvalue weighted by Gasteiger charge is -2.09. The summed E-state index contributed by atoms with van der Waals surface area (Å²) in [6.07, 6.45) is 1.80. The molecule has 0 aliphatic heterocycles. The summed E-state index contributed by atoms with van der Waals surface area (Å²) in [5.41, 5.74) is 5.59. The van der Waals surface area contributed by atoms with Gasteiger partial charge in [-0.25, -0.2) is 10.8 Å². The highest BCUT2D eigenvalue weighted by atomic mass is 16.2. The number of hydrazine groups is 1. The largest absolute Gasteiger partial charge is 0.367 e. The van der Waals surface area contributed by atoms with Crippen molar-refractivity contribution in [1.82, 2.24) is 15.0 Å².